The highest BCUT2D eigenvalue weighted by Gasteiger charge is 2.39. The maximum absolute atomic E-state index is 10.5. The minimum atomic E-state index is 0.306. The van der Waals surface area contributed by atoms with Crippen LogP contribution in [0.5, 0.6) is 11.5 Å². The zero-order valence-corrected chi connectivity index (χ0v) is 16.4. The van der Waals surface area contributed by atoms with Gasteiger partial charge in [-0.05, 0) is 92.9 Å². The lowest BCUT2D eigenvalue weighted by Crippen LogP contribution is -2.00. The summed E-state index contributed by atoms with van der Waals surface area (Å²) in [4.78, 5) is 0. The van der Waals surface area contributed by atoms with Crippen molar-refractivity contribution in [1.29, 1.82) is 0 Å². The first-order valence-electron chi connectivity index (χ1n) is 9.18. The van der Waals surface area contributed by atoms with Crippen LogP contribution in [-0.2, 0) is 12.8 Å². The fourth-order valence-electron chi connectivity index (χ4n) is 3.72. The smallest absolute Gasteiger partial charge is 0.122 e. The van der Waals surface area contributed by atoms with Crippen molar-refractivity contribution in [3.05, 3.63) is 23.3 Å². The average molecular weight is 428 g/mol. The van der Waals surface area contributed by atoms with E-state index < -0.39 is 0 Å². The molecule has 0 amide bonds. The highest BCUT2D eigenvalue weighted by atomic mass is 127. The molecule has 0 spiro atoms. The first-order chi connectivity index (χ1) is 11.0. The van der Waals surface area contributed by atoms with Crippen molar-refractivity contribution in [2.45, 2.75) is 81.0 Å². The Bertz CT molecular complexity index is 559. The Morgan fingerprint density at radius 3 is 2.00 bits per heavy atom. The van der Waals surface area contributed by atoms with Crippen LogP contribution in [0.2, 0.25) is 0 Å². The first-order valence-corrected chi connectivity index (χ1v) is 10.3. The van der Waals surface area contributed by atoms with Crippen molar-refractivity contribution in [2.24, 2.45) is 5.41 Å². The number of benzene rings is 1. The molecule has 0 unspecified atom stereocenters. The molecule has 2 fully saturated rings. The predicted molar refractivity (Wildman–Crippen MR) is 104 cm³/mol. The number of phenols is 2. The molecule has 0 bridgehead atoms. The normalized spacial score (nSPS) is 20.4. The summed E-state index contributed by atoms with van der Waals surface area (Å²) in [6.07, 6.45) is 13.1. The van der Waals surface area contributed by atoms with Gasteiger partial charge in [0.2, 0.25) is 0 Å². The topological polar surface area (TPSA) is 40.5 Å². The van der Waals surface area contributed by atoms with E-state index in [0.29, 0.717) is 20.3 Å². The van der Waals surface area contributed by atoms with Gasteiger partial charge in [0.25, 0.3) is 0 Å². The molecule has 0 radical (unpaired) electrons. The zero-order chi connectivity index (χ0) is 16.5. The second-order valence-electron chi connectivity index (χ2n) is 7.82. The highest BCUT2D eigenvalue weighted by molar-refractivity contribution is 14.1. The van der Waals surface area contributed by atoms with Crippen LogP contribution in [-0.4, -0.2) is 13.6 Å². The van der Waals surface area contributed by atoms with Gasteiger partial charge in [-0.15, -0.1) is 0 Å². The third-order valence-electron chi connectivity index (χ3n) is 5.98. The van der Waals surface area contributed by atoms with E-state index in [4.69, 9.17) is 0 Å². The van der Waals surface area contributed by atoms with Gasteiger partial charge in [-0.2, -0.15) is 0 Å². The van der Waals surface area contributed by atoms with Gasteiger partial charge in [0.05, 0.1) is 0 Å². The summed E-state index contributed by atoms with van der Waals surface area (Å²) < 4.78 is 0.534. The summed E-state index contributed by atoms with van der Waals surface area (Å²) in [5.41, 5.74) is 2.47. The zero-order valence-electron chi connectivity index (χ0n) is 14.2. The second-order valence-corrected chi connectivity index (χ2v) is 10.1. The molecule has 1 aromatic rings. The number of aryl methyl sites for hydroxylation is 2. The van der Waals surface area contributed by atoms with Crippen LogP contribution in [0.4, 0.5) is 0 Å². The molecule has 128 valence electrons. The molecule has 1 aromatic carbocycles. The number of halogens is 1. The van der Waals surface area contributed by atoms with E-state index in [2.05, 4.69) is 29.5 Å². The molecule has 0 aliphatic heterocycles. The predicted octanol–water partition coefficient (Wildman–Crippen LogP) is 5.90. The van der Waals surface area contributed by atoms with E-state index in [0.717, 1.165) is 36.8 Å². The van der Waals surface area contributed by atoms with Gasteiger partial charge in [0, 0.05) is 3.42 Å². The third kappa shape index (κ3) is 4.55. The fraction of sp³-hybridized carbons (Fsp3) is 0.700. The Labute approximate surface area is 153 Å². The summed E-state index contributed by atoms with van der Waals surface area (Å²) in [5, 5.41) is 20.5. The lowest BCUT2D eigenvalue weighted by molar-refractivity contribution is 0.422. The molecule has 0 saturated heterocycles. The van der Waals surface area contributed by atoms with Gasteiger partial charge < -0.3 is 10.2 Å². The minimum absolute atomic E-state index is 0.306. The van der Waals surface area contributed by atoms with E-state index >= 15 is 0 Å². The molecule has 0 heterocycles. The summed E-state index contributed by atoms with van der Waals surface area (Å²) in [6, 6.07) is 3.51. The second kappa shape index (κ2) is 6.81. The Balaban J connectivity index is 1.56. The van der Waals surface area contributed by atoms with Gasteiger partial charge in [0.15, 0.2) is 0 Å². The van der Waals surface area contributed by atoms with Crippen LogP contribution < -0.4 is 0 Å². The Hall–Kier alpha value is -0.450. The van der Waals surface area contributed by atoms with Crippen molar-refractivity contribution < 1.29 is 10.2 Å². The van der Waals surface area contributed by atoms with E-state index in [1.54, 1.807) is 12.1 Å². The molecule has 2 aliphatic carbocycles. The van der Waals surface area contributed by atoms with Gasteiger partial charge in [-0.1, -0.05) is 35.9 Å². The average Bonchev–Trinajstić information content (AvgIpc) is 3.43. The summed E-state index contributed by atoms with van der Waals surface area (Å²) in [5.74, 6) is 0.738. The maximum atomic E-state index is 10.5. The molecule has 0 atom stereocenters. The van der Waals surface area contributed by atoms with E-state index in [-0.39, 0.29) is 0 Å². The molecule has 0 aromatic heterocycles. The van der Waals surface area contributed by atoms with Gasteiger partial charge in [0.1, 0.15) is 11.5 Å². The number of phenolic OH excluding ortho intramolecular Hbond substituents is 2. The number of rotatable bonds is 9. The van der Waals surface area contributed by atoms with Crippen LogP contribution in [0.15, 0.2) is 12.1 Å². The number of hydrogen-bond acceptors (Lipinski definition) is 2. The van der Waals surface area contributed by atoms with Gasteiger partial charge in [-0.25, -0.2) is 0 Å². The fourth-order valence-corrected chi connectivity index (χ4v) is 4.37. The summed E-state index contributed by atoms with van der Waals surface area (Å²) in [7, 11) is 0. The lowest BCUT2D eigenvalue weighted by atomic mass is 9.93. The Kier molecular flexibility index (Phi) is 5.15. The molecule has 2 N–H and O–H groups in total. The lowest BCUT2D eigenvalue weighted by Gasteiger charge is -2.14. The van der Waals surface area contributed by atoms with Crippen LogP contribution >= 0.6 is 22.6 Å². The van der Waals surface area contributed by atoms with Crippen LogP contribution in [0, 0.1) is 5.41 Å². The molecule has 3 rings (SSSR count). The van der Waals surface area contributed by atoms with E-state index in [9.17, 15) is 10.2 Å². The van der Waals surface area contributed by atoms with Crippen LogP contribution in [0.25, 0.3) is 0 Å². The molecule has 2 aliphatic rings. The largest absolute Gasteiger partial charge is 0.508 e. The van der Waals surface area contributed by atoms with Crippen molar-refractivity contribution >= 4 is 22.6 Å². The standard InChI is InChI=1S/C20H29IO2/c1-2-19(9-10-19)7-3-5-15-13-17(22)14-16(18(15)23)6-4-8-20(21)11-12-20/h13-14,22-23H,2-12H2,1H3. The molecule has 3 heteroatoms. The first kappa shape index (κ1) is 17.4. The quantitative estimate of drug-likeness (QED) is 0.292. The van der Waals surface area contributed by atoms with Gasteiger partial charge >= 0.3 is 0 Å². The SMILES string of the molecule is CCC1(CCCc2cc(O)cc(CCCC3(I)CC3)c2O)CC1. The number of alkyl halides is 1. The van der Waals surface area contributed by atoms with Crippen LogP contribution in [0.1, 0.15) is 75.8 Å². The van der Waals surface area contributed by atoms with Crippen molar-refractivity contribution in [3.63, 3.8) is 0 Å². The Morgan fingerprint density at radius 1 is 0.957 bits per heavy atom. The molecular weight excluding hydrogens is 399 g/mol. The van der Waals surface area contributed by atoms with Crippen molar-refractivity contribution in [3.8, 4) is 11.5 Å². The molecule has 2 nitrogen and oxygen atoms in total. The maximum Gasteiger partial charge on any atom is 0.122 e. The minimum Gasteiger partial charge on any atom is -0.508 e. The van der Waals surface area contributed by atoms with E-state index in [1.165, 1.54) is 44.9 Å². The summed E-state index contributed by atoms with van der Waals surface area (Å²) >= 11 is 2.58. The molecular formula is C20H29IO2. The molecule has 23 heavy (non-hydrogen) atoms. The third-order valence-corrected chi connectivity index (χ3v) is 7.59. The van der Waals surface area contributed by atoms with E-state index in [1.807, 2.05) is 0 Å². The highest BCUT2D eigenvalue weighted by Crippen LogP contribution is 2.52. The number of hydrogen-bond donors (Lipinski definition) is 2. The molecule has 2 saturated carbocycles. The van der Waals surface area contributed by atoms with Gasteiger partial charge in [-0.3, -0.25) is 0 Å². The number of aromatic hydroxyl groups is 2. The van der Waals surface area contributed by atoms with Crippen LogP contribution in [0.3, 0.4) is 0 Å². The monoisotopic (exact) mass is 428 g/mol. The Morgan fingerprint density at radius 2 is 1.52 bits per heavy atom. The summed E-state index contributed by atoms with van der Waals surface area (Å²) in [6.45, 7) is 2.29. The van der Waals surface area contributed by atoms with Crippen molar-refractivity contribution in [1.82, 2.24) is 0 Å². The van der Waals surface area contributed by atoms with Crippen molar-refractivity contribution in [2.75, 3.05) is 0 Å².